The molecule has 1 heterocycles. The molecule has 0 unspecified atom stereocenters. The van der Waals surface area contributed by atoms with Gasteiger partial charge < -0.3 is 15.5 Å². The Morgan fingerprint density at radius 1 is 0.969 bits per heavy atom. The van der Waals surface area contributed by atoms with Gasteiger partial charge in [0.25, 0.3) is 11.8 Å². The van der Waals surface area contributed by atoms with Gasteiger partial charge in [0.15, 0.2) is 0 Å². The number of nitrogens with zero attached hydrogens (tertiary/aromatic N) is 1. The lowest BCUT2D eigenvalue weighted by atomic mass is 9.88. The molecule has 1 fully saturated rings. The summed E-state index contributed by atoms with van der Waals surface area (Å²) < 4.78 is 13.2. The molecule has 2 aromatic rings. The number of carbonyl (C=O) groups is 3. The van der Waals surface area contributed by atoms with Gasteiger partial charge in [-0.1, -0.05) is 25.1 Å². The van der Waals surface area contributed by atoms with E-state index in [1.54, 1.807) is 29.2 Å². The fourth-order valence-electron chi connectivity index (χ4n) is 3.86. The van der Waals surface area contributed by atoms with E-state index in [1.807, 2.05) is 19.9 Å². The first-order valence-electron chi connectivity index (χ1n) is 11.1. The summed E-state index contributed by atoms with van der Waals surface area (Å²) in [6.45, 7) is 4.85. The molecule has 1 saturated heterocycles. The van der Waals surface area contributed by atoms with Crippen molar-refractivity contribution >= 4 is 17.7 Å². The molecule has 2 N–H and O–H groups in total. The molecule has 1 aliphatic rings. The molecule has 32 heavy (non-hydrogen) atoms. The molecule has 1 aliphatic heterocycles. The monoisotopic (exact) mass is 439 g/mol. The molecule has 3 rings (SSSR count). The minimum atomic E-state index is -0.681. The van der Waals surface area contributed by atoms with Gasteiger partial charge in [-0.3, -0.25) is 14.4 Å². The van der Waals surface area contributed by atoms with E-state index >= 15 is 0 Å². The van der Waals surface area contributed by atoms with E-state index < -0.39 is 6.04 Å². The first-order valence-corrected chi connectivity index (χ1v) is 11.1. The Balaban J connectivity index is 1.68. The predicted octanol–water partition coefficient (Wildman–Crippen LogP) is 3.39. The second-order valence-electron chi connectivity index (χ2n) is 8.27. The second-order valence-corrected chi connectivity index (χ2v) is 8.27. The minimum Gasteiger partial charge on any atom is -0.352 e. The van der Waals surface area contributed by atoms with Gasteiger partial charge in [-0.15, -0.1) is 0 Å². The third kappa shape index (κ3) is 5.93. The van der Waals surface area contributed by atoms with Crippen LogP contribution in [0.3, 0.4) is 0 Å². The molecule has 2 atom stereocenters. The normalized spacial score (nSPS) is 16.2. The topological polar surface area (TPSA) is 78.5 Å². The molecule has 7 heteroatoms. The van der Waals surface area contributed by atoms with Crippen LogP contribution < -0.4 is 10.6 Å². The van der Waals surface area contributed by atoms with Gasteiger partial charge in [0.05, 0.1) is 0 Å². The summed E-state index contributed by atoms with van der Waals surface area (Å²) in [4.78, 5) is 40.2. The Morgan fingerprint density at radius 2 is 1.59 bits per heavy atom. The van der Waals surface area contributed by atoms with Crippen molar-refractivity contribution in [2.24, 2.45) is 5.92 Å². The number of nitrogens with one attached hydrogen (secondary N) is 2. The fourth-order valence-corrected chi connectivity index (χ4v) is 3.86. The highest BCUT2D eigenvalue weighted by Gasteiger charge is 2.34. The lowest BCUT2D eigenvalue weighted by Gasteiger charge is -2.36. The lowest BCUT2D eigenvalue weighted by Crippen LogP contribution is -2.55. The largest absolute Gasteiger partial charge is 0.352 e. The molecule has 2 aromatic carbocycles. The Labute approximate surface area is 188 Å². The van der Waals surface area contributed by atoms with Crippen LogP contribution in [-0.2, 0) is 4.79 Å². The van der Waals surface area contributed by atoms with Crippen molar-refractivity contribution in [2.45, 2.75) is 45.2 Å². The molecule has 3 amide bonds. The van der Waals surface area contributed by atoms with Crippen LogP contribution in [-0.4, -0.2) is 47.8 Å². The summed E-state index contributed by atoms with van der Waals surface area (Å²) in [5.74, 6) is -1.13. The van der Waals surface area contributed by atoms with Crippen molar-refractivity contribution in [1.29, 1.82) is 0 Å². The smallest absolute Gasteiger partial charge is 0.253 e. The van der Waals surface area contributed by atoms with Crippen molar-refractivity contribution in [1.82, 2.24) is 15.5 Å². The van der Waals surface area contributed by atoms with Gasteiger partial charge in [0.2, 0.25) is 5.91 Å². The van der Waals surface area contributed by atoms with Gasteiger partial charge >= 0.3 is 0 Å². The second kappa shape index (κ2) is 10.9. The zero-order chi connectivity index (χ0) is 23.1. The van der Waals surface area contributed by atoms with Crippen molar-refractivity contribution in [3.05, 3.63) is 71.5 Å². The van der Waals surface area contributed by atoms with E-state index in [-0.39, 0.29) is 35.5 Å². The summed E-state index contributed by atoms with van der Waals surface area (Å²) in [5.41, 5.74) is 0.936. The highest BCUT2D eigenvalue weighted by Crippen LogP contribution is 2.23. The molecular formula is C25H30FN3O3. The van der Waals surface area contributed by atoms with E-state index in [1.165, 1.54) is 24.3 Å². The molecule has 0 radical (unpaired) electrons. The van der Waals surface area contributed by atoms with Gasteiger partial charge in [0.1, 0.15) is 11.9 Å². The van der Waals surface area contributed by atoms with Crippen LogP contribution in [0.2, 0.25) is 0 Å². The SMILES string of the molecule is CC[C@H](C)NC(=O)[C@@H](NC(=O)c1ccccc1)C1CCN(C(=O)c2ccc(F)cc2)CC1. The van der Waals surface area contributed by atoms with Crippen molar-refractivity contribution in [2.75, 3.05) is 13.1 Å². The Bertz CT molecular complexity index is 925. The summed E-state index contributed by atoms with van der Waals surface area (Å²) >= 11 is 0. The first kappa shape index (κ1) is 23.4. The Kier molecular flexibility index (Phi) is 7.98. The fraction of sp³-hybridized carbons (Fsp3) is 0.400. The van der Waals surface area contributed by atoms with Crippen LogP contribution in [0.15, 0.2) is 54.6 Å². The third-order valence-corrected chi connectivity index (χ3v) is 6.00. The number of hydrogen-bond donors (Lipinski definition) is 2. The van der Waals surface area contributed by atoms with Crippen LogP contribution in [0.5, 0.6) is 0 Å². The molecule has 6 nitrogen and oxygen atoms in total. The van der Waals surface area contributed by atoms with Gasteiger partial charge in [-0.05, 0) is 68.5 Å². The zero-order valence-electron chi connectivity index (χ0n) is 18.5. The number of hydrogen-bond acceptors (Lipinski definition) is 3. The number of likely N-dealkylation sites (tertiary alicyclic amines) is 1. The standard InChI is InChI=1S/C25H30FN3O3/c1-3-17(2)27-24(31)22(28-23(30)19-7-5-4-6-8-19)18-13-15-29(16-14-18)25(32)20-9-11-21(26)12-10-20/h4-12,17-18,22H,3,13-16H2,1-2H3,(H,27,31)(H,28,30)/t17-,22-/m0/s1. The van der Waals surface area contributed by atoms with Crippen LogP contribution in [0.25, 0.3) is 0 Å². The predicted molar refractivity (Wildman–Crippen MR) is 121 cm³/mol. The van der Waals surface area contributed by atoms with Gasteiger partial charge in [-0.25, -0.2) is 4.39 Å². The molecule has 0 saturated carbocycles. The van der Waals surface area contributed by atoms with E-state index in [4.69, 9.17) is 0 Å². The van der Waals surface area contributed by atoms with Crippen LogP contribution >= 0.6 is 0 Å². The molecule has 0 spiro atoms. The maximum absolute atomic E-state index is 13.2. The van der Waals surface area contributed by atoms with E-state index in [9.17, 15) is 18.8 Å². The van der Waals surface area contributed by atoms with Gasteiger partial charge in [-0.2, -0.15) is 0 Å². The number of piperidine rings is 1. The summed E-state index contributed by atoms with van der Waals surface area (Å²) in [6, 6.07) is 13.6. The van der Waals surface area contributed by atoms with Crippen LogP contribution in [0, 0.1) is 11.7 Å². The van der Waals surface area contributed by atoms with Crippen molar-refractivity contribution in [3.63, 3.8) is 0 Å². The summed E-state index contributed by atoms with van der Waals surface area (Å²) in [5, 5.41) is 5.90. The summed E-state index contributed by atoms with van der Waals surface area (Å²) in [7, 11) is 0. The van der Waals surface area contributed by atoms with E-state index in [0.29, 0.717) is 37.1 Å². The highest BCUT2D eigenvalue weighted by molar-refractivity contribution is 5.97. The number of benzene rings is 2. The van der Waals surface area contributed by atoms with E-state index in [0.717, 1.165) is 6.42 Å². The maximum Gasteiger partial charge on any atom is 0.253 e. The molecule has 0 bridgehead atoms. The lowest BCUT2D eigenvalue weighted by molar-refractivity contribution is -0.125. The van der Waals surface area contributed by atoms with Crippen LogP contribution in [0.1, 0.15) is 53.8 Å². The highest BCUT2D eigenvalue weighted by atomic mass is 19.1. The third-order valence-electron chi connectivity index (χ3n) is 6.00. The number of rotatable bonds is 7. The maximum atomic E-state index is 13.2. The molecular weight excluding hydrogens is 409 g/mol. The number of carbonyl (C=O) groups excluding carboxylic acids is 3. The van der Waals surface area contributed by atoms with Crippen molar-refractivity contribution in [3.8, 4) is 0 Å². The molecule has 0 aliphatic carbocycles. The number of halogens is 1. The van der Waals surface area contributed by atoms with Crippen molar-refractivity contribution < 1.29 is 18.8 Å². The quantitative estimate of drug-likeness (QED) is 0.694. The molecule has 170 valence electrons. The average Bonchev–Trinajstić information content (AvgIpc) is 2.83. The minimum absolute atomic E-state index is 0.00114. The summed E-state index contributed by atoms with van der Waals surface area (Å²) in [6.07, 6.45) is 1.96. The molecule has 0 aromatic heterocycles. The average molecular weight is 440 g/mol. The van der Waals surface area contributed by atoms with Gasteiger partial charge in [0, 0.05) is 30.3 Å². The van der Waals surface area contributed by atoms with E-state index in [2.05, 4.69) is 10.6 Å². The zero-order valence-corrected chi connectivity index (χ0v) is 18.5. The first-order chi connectivity index (χ1) is 15.4. The Morgan fingerprint density at radius 3 is 2.19 bits per heavy atom. The Hall–Kier alpha value is -3.22. The van der Waals surface area contributed by atoms with Crippen LogP contribution in [0.4, 0.5) is 4.39 Å². The number of amides is 3.